The molecule has 1 unspecified atom stereocenters. The largest absolute Gasteiger partial charge is 0.324 e. The van der Waals surface area contributed by atoms with Gasteiger partial charge < -0.3 is 5.73 Å². The van der Waals surface area contributed by atoms with E-state index in [1.165, 1.54) is 10.5 Å². The van der Waals surface area contributed by atoms with Crippen molar-refractivity contribution in [3.63, 3.8) is 0 Å². The van der Waals surface area contributed by atoms with Gasteiger partial charge in [-0.25, -0.2) is 9.67 Å². The van der Waals surface area contributed by atoms with Crippen LogP contribution in [0.15, 0.2) is 35.5 Å². The van der Waals surface area contributed by atoms with Crippen LogP contribution < -0.4 is 5.73 Å². The Hall–Kier alpha value is -1.33. The molecule has 0 saturated carbocycles. The summed E-state index contributed by atoms with van der Waals surface area (Å²) in [5.74, 6) is 0.863. The van der Waals surface area contributed by atoms with Crippen LogP contribution in [-0.4, -0.2) is 20.0 Å². The van der Waals surface area contributed by atoms with Gasteiger partial charge in [0.25, 0.3) is 0 Å². The molecule has 0 saturated heterocycles. The average molecular weight is 246 g/mol. The standard InChI is InChI=1S/C12H14N4S/c13-6-12-14-8-15-16(12)7-10-5-9-3-1-2-4-11(9)17-10/h1-4,8,10H,5-7,13H2. The van der Waals surface area contributed by atoms with Gasteiger partial charge in [0.15, 0.2) is 0 Å². The summed E-state index contributed by atoms with van der Waals surface area (Å²) < 4.78 is 1.92. The number of aromatic nitrogens is 3. The summed E-state index contributed by atoms with van der Waals surface area (Å²) in [5, 5.41) is 4.77. The second-order valence-corrected chi connectivity index (χ2v) is 5.46. The first-order valence-corrected chi connectivity index (χ1v) is 6.56. The van der Waals surface area contributed by atoms with Crippen LogP contribution in [0, 0.1) is 0 Å². The first-order chi connectivity index (χ1) is 8.36. The number of benzene rings is 1. The van der Waals surface area contributed by atoms with Crippen LogP contribution in [0.4, 0.5) is 0 Å². The summed E-state index contributed by atoms with van der Waals surface area (Å²) in [7, 11) is 0. The minimum atomic E-state index is 0.449. The predicted molar refractivity (Wildman–Crippen MR) is 67.7 cm³/mol. The van der Waals surface area contributed by atoms with E-state index in [0.29, 0.717) is 11.8 Å². The quantitative estimate of drug-likeness (QED) is 0.890. The van der Waals surface area contributed by atoms with E-state index in [1.54, 1.807) is 6.33 Å². The van der Waals surface area contributed by atoms with Crippen LogP contribution in [-0.2, 0) is 19.5 Å². The molecule has 1 aromatic carbocycles. The number of nitrogens with zero attached hydrogens (tertiary/aromatic N) is 3. The number of nitrogens with two attached hydrogens (primary N) is 1. The van der Waals surface area contributed by atoms with Crippen molar-refractivity contribution in [2.24, 2.45) is 5.73 Å². The molecular weight excluding hydrogens is 232 g/mol. The van der Waals surface area contributed by atoms with Crippen LogP contribution >= 0.6 is 11.8 Å². The fourth-order valence-corrected chi connectivity index (χ4v) is 3.44. The van der Waals surface area contributed by atoms with Crippen molar-refractivity contribution in [2.75, 3.05) is 0 Å². The summed E-state index contributed by atoms with van der Waals surface area (Å²) in [6, 6.07) is 8.58. The fourth-order valence-electron chi connectivity index (χ4n) is 2.15. The van der Waals surface area contributed by atoms with Gasteiger partial charge in [0.2, 0.25) is 0 Å². The van der Waals surface area contributed by atoms with Crippen molar-refractivity contribution in [1.82, 2.24) is 14.8 Å². The molecule has 0 spiro atoms. The molecule has 1 aliphatic heterocycles. The molecule has 5 heteroatoms. The first kappa shape index (κ1) is 10.8. The lowest BCUT2D eigenvalue weighted by molar-refractivity contribution is 0.564. The van der Waals surface area contributed by atoms with Crippen molar-refractivity contribution >= 4 is 11.8 Å². The zero-order valence-corrected chi connectivity index (χ0v) is 10.2. The molecule has 3 rings (SSSR count). The lowest BCUT2D eigenvalue weighted by Crippen LogP contribution is -2.17. The molecule has 1 aromatic heterocycles. The van der Waals surface area contributed by atoms with E-state index in [9.17, 15) is 0 Å². The topological polar surface area (TPSA) is 56.7 Å². The molecule has 0 fully saturated rings. The molecule has 2 aromatic rings. The highest BCUT2D eigenvalue weighted by molar-refractivity contribution is 8.00. The van der Waals surface area contributed by atoms with Crippen molar-refractivity contribution in [3.05, 3.63) is 42.0 Å². The Bertz CT molecular complexity index is 498. The summed E-state index contributed by atoms with van der Waals surface area (Å²) >= 11 is 1.92. The van der Waals surface area contributed by atoms with Crippen molar-refractivity contribution in [1.29, 1.82) is 0 Å². The molecule has 0 radical (unpaired) electrons. The Balaban J connectivity index is 1.74. The Labute approximate surface area is 104 Å². The lowest BCUT2D eigenvalue weighted by Gasteiger charge is -2.09. The monoisotopic (exact) mass is 246 g/mol. The van der Waals surface area contributed by atoms with E-state index >= 15 is 0 Å². The molecule has 2 heterocycles. The molecule has 4 nitrogen and oxygen atoms in total. The Kier molecular flexibility index (Phi) is 2.86. The molecular formula is C12H14N4S. The van der Waals surface area contributed by atoms with Gasteiger partial charge in [-0.15, -0.1) is 11.8 Å². The zero-order valence-electron chi connectivity index (χ0n) is 9.41. The van der Waals surface area contributed by atoms with Gasteiger partial charge in [-0.3, -0.25) is 0 Å². The summed E-state index contributed by atoms with van der Waals surface area (Å²) in [6.07, 6.45) is 2.68. The molecule has 0 aliphatic carbocycles. The Morgan fingerprint density at radius 1 is 1.41 bits per heavy atom. The number of thioether (sulfide) groups is 1. The fraction of sp³-hybridized carbons (Fsp3) is 0.333. The summed E-state index contributed by atoms with van der Waals surface area (Å²) in [4.78, 5) is 5.54. The van der Waals surface area contributed by atoms with E-state index in [0.717, 1.165) is 18.8 Å². The van der Waals surface area contributed by atoms with Crippen LogP contribution in [0.3, 0.4) is 0 Å². The van der Waals surface area contributed by atoms with Crippen LogP contribution in [0.1, 0.15) is 11.4 Å². The highest BCUT2D eigenvalue weighted by Gasteiger charge is 2.22. The minimum Gasteiger partial charge on any atom is -0.324 e. The molecule has 0 bridgehead atoms. The third-order valence-corrected chi connectivity index (χ3v) is 4.27. The van der Waals surface area contributed by atoms with Crippen LogP contribution in [0.5, 0.6) is 0 Å². The molecule has 0 amide bonds. The maximum atomic E-state index is 5.62. The molecule has 2 N–H and O–H groups in total. The summed E-state index contributed by atoms with van der Waals surface area (Å²) in [6.45, 7) is 1.33. The van der Waals surface area contributed by atoms with E-state index in [2.05, 4.69) is 34.3 Å². The number of rotatable bonds is 3. The minimum absolute atomic E-state index is 0.449. The van der Waals surface area contributed by atoms with Gasteiger partial charge in [0, 0.05) is 10.1 Å². The van der Waals surface area contributed by atoms with Crippen molar-refractivity contribution in [3.8, 4) is 0 Å². The van der Waals surface area contributed by atoms with Crippen molar-refractivity contribution < 1.29 is 0 Å². The molecule has 17 heavy (non-hydrogen) atoms. The van der Waals surface area contributed by atoms with Crippen LogP contribution in [0.2, 0.25) is 0 Å². The molecule has 88 valence electrons. The maximum Gasteiger partial charge on any atom is 0.140 e. The Morgan fingerprint density at radius 3 is 3.12 bits per heavy atom. The van der Waals surface area contributed by atoms with Gasteiger partial charge in [-0.2, -0.15) is 5.10 Å². The van der Waals surface area contributed by atoms with Gasteiger partial charge in [-0.1, -0.05) is 18.2 Å². The van der Waals surface area contributed by atoms with E-state index in [1.807, 2.05) is 16.4 Å². The Morgan fingerprint density at radius 2 is 2.29 bits per heavy atom. The number of hydrogen-bond acceptors (Lipinski definition) is 4. The normalized spacial score (nSPS) is 18.3. The average Bonchev–Trinajstić information content (AvgIpc) is 2.94. The van der Waals surface area contributed by atoms with Crippen LogP contribution in [0.25, 0.3) is 0 Å². The smallest absolute Gasteiger partial charge is 0.140 e. The van der Waals surface area contributed by atoms with Gasteiger partial charge in [0.1, 0.15) is 12.2 Å². The third-order valence-electron chi connectivity index (χ3n) is 2.97. The maximum absolute atomic E-state index is 5.62. The number of hydrogen-bond donors (Lipinski definition) is 1. The van der Waals surface area contributed by atoms with Gasteiger partial charge >= 0.3 is 0 Å². The van der Waals surface area contributed by atoms with Gasteiger partial charge in [-0.05, 0) is 18.1 Å². The van der Waals surface area contributed by atoms with E-state index in [-0.39, 0.29) is 0 Å². The van der Waals surface area contributed by atoms with Crippen molar-refractivity contribution in [2.45, 2.75) is 29.7 Å². The zero-order chi connectivity index (χ0) is 11.7. The number of fused-ring (bicyclic) bond motifs is 1. The molecule has 1 atom stereocenters. The highest BCUT2D eigenvalue weighted by Crippen LogP contribution is 2.37. The van der Waals surface area contributed by atoms with E-state index < -0.39 is 0 Å². The third kappa shape index (κ3) is 2.08. The second kappa shape index (κ2) is 4.50. The van der Waals surface area contributed by atoms with Gasteiger partial charge in [0.05, 0.1) is 13.1 Å². The SMILES string of the molecule is NCc1ncnn1CC1Cc2ccccc2S1. The molecule has 1 aliphatic rings. The predicted octanol–water partition coefficient (Wildman–Crippen LogP) is 1.45. The second-order valence-electron chi connectivity index (χ2n) is 4.11. The summed E-state index contributed by atoms with van der Waals surface area (Å²) in [5.41, 5.74) is 7.06. The lowest BCUT2D eigenvalue weighted by atomic mass is 10.1. The first-order valence-electron chi connectivity index (χ1n) is 5.68. The highest BCUT2D eigenvalue weighted by atomic mass is 32.2. The van der Waals surface area contributed by atoms with E-state index in [4.69, 9.17) is 5.73 Å².